The molecule has 1 fully saturated rings. The topological polar surface area (TPSA) is 34.2 Å². The number of thiazole rings is 1. The Morgan fingerprint density at radius 3 is 3.00 bits per heavy atom. The van der Waals surface area contributed by atoms with Crippen LogP contribution in [0.2, 0.25) is 0 Å². The molecule has 1 aliphatic rings. The number of nitrogens with one attached hydrogen (secondary N) is 1. The summed E-state index contributed by atoms with van der Waals surface area (Å²) >= 11 is 1.74. The molecule has 1 heterocycles. The molecule has 0 bridgehead atoms. The molecule has 2 unspecified atom stereocenters. The summed E-state index contributed by atoms with van der Waals surface area (Å²) in [6, 6.07) is 0. The van der Waals surface area contributed by atoms with E-state index in [2.05, 4.69) is 29.5 Å². The third-order valence-corrected chi connectivity index (χ3v) is 5.01. The molecular weight excluding hydrogens is 268 g/mol. The van der Waals surface area contributed by atoms with E-state index >= 15 is 0 Å². The summed E-state index contributed by atoms with van der Waals surface area (Å²) in [7, 11) is 0. The van der Waals surface area contributed by atoms with E-state index in [-0.39, 0.29) is 0 Å². The Morgan fingerprint density at radius 2 is 2.20 bits per heavy atom. The van der Waals surface area contributed by atoms with Crippen LogP contribution in [0.1, 0.15) is 63.1 Å². The van der Waals surface area contributed by atoms with E-state index in [4.69, 9.17) is 4.74 Å². The van der Waals surface area contributed by atoms with Gasteiger partial charge in [0.25, 0.3) is 0 Å². The van der Waals surface area contributed by atoms with Crippen LogP contribution in [0.3, 0.4) is 0 Å². The van der Waals surface area contributed by atoms with E-state index in [1.165, 1.54) is 43.5 Å². The van der Waals surface area contributed by atoms with E-state index in [0.717, 1.165) is 24.7 Å². The standard InChI is InChI=1S/C16H28N2OS/c1-3-9-17-10-16-18-14(12-20-16)11-19-15-8-6-5-7-13(15)4-2/h12-13,15,17H,3-11H2,1-2H3. The molecule has 0 aliphatic heterocycles. The summed E-state index contributed by atoms with van der Waals surface area (Å²) in [6.45, 7) is 7.10. The molecule has 1 N–H and O–H groups in total. The van der Waals surface area contributed by atoms with Crippen LogP contribution in [0.5, 0.6) is 0 Å². The molecule has 1 aliphatic carbocycles. The van der Waals surface area contributed by atoms with E-state index in [1.807, 2.05) is 0 Å². The highest BCUT2D eigenvalue weighted by molar-refractivity contribution is 7.09. The van der Waals surface area contributed by atoms with Crippen molar-refractivity contribution in [2.75, 3.05) is 6.54 Å². The second-order valence-electron chi connectivity index (χ2n) is 5.71. The van der Waals surface area contributed by atoms with Crippen molar-refractivity contribution in [2.24, 2.45) is 5.92 Å². The van der Waals surface area contributed by atoms with E-state index in [0.29, 0.717) is 12.7 Å². The molecule has 0 radical (unpaired) electrons. The van der Waals surface area contributed by atoms with Crippen LogP contribution < -0.4 is 5.32 Å². The van der Waals surface area contributed by atoms with Gasteiger partial charge in [-0.3, -0.25) is 0 Å². The first kappa shape index (κ1) is 15.9. The summed E-state index contributed by atoms with van der Waals surface area (Å²) < 4.78 is 6.14. The summed E-state index contributed by atoms with van der Waals surface area (Å²) in [5.41, 5.74) is 1.10. The predicted octanol–water partition coefficient (Wildman–Crippen LogP) is 4.13. The van der Waals surface area contributed by atoms with Gasteiger partial charge in [0.1, 0.15) is 5.01 Å². The fourth-order valence-electron chi connectivity index (χ4n) is 2.92. The van der Waals surface area contributed by atoms with E-state index in [9.17, 15) is 0 Å². The minimum absolute atomic E-state index is 0.456. The van der Waals surface area contributed by atoms with E-state index < -0.39 is 0 Å². The lowest BCUT2D eigenvalue weighted by Gasteiger charge is -2.30. The van der Waals surface area contributed by atoms with Gasteiger partial charge in [-0.05, 0) is 31.7 Å². The zero-order valence-electron chi connectivity index (χ0n) is 12.9. The molecule has 1 saturated carbocycles. The second-order valence-corrected chi connectivity index (χ2v) is 6.65. The third kappa shape index (κ3) is 4.83. The van der Waals surface area contributed by atoms with Gasteiger partial charge < -0.3 is 10.1 Å². The Morgan fingerprint density at radius 1 is 1.35 bits per heavy atom. The smallest absolute Gasteiger partial charge is 0.107 e. The van der Waals surface area contributed by atoms with Crippen LogP contribution in [-0.2, 0) is 17.9 Å². The molecule has 3 nitrogen and oxygen atoms in total. The van der Waals surface area contributed by atoms with Crippen molar-refractivity contribution in [1.29, 1.82) is 0 Å². The van der Waals surface area contributed by atoms with Gasteiger partial charge in [-0.25, -0.2) is 4.98 Å². The van der Waals surface area contributed by atoms with Crippen molar-refractivity contribution in [3.8, 4) is 0 Å². The van der Waals surface area contributed by atoms with Crippen molar-refractivity contribution in [3.63, 3.8) is 0 Å². The monoisotopic (exact) mass is 296 g/mol. The third-order valence-electron chi connectivity index (χ3n) is 4.11. The molecule has 0 aromatic carbocycles. The molecule has 1 aromatic rings. The van der Waals surface area contributed by atoms with Crippen LogP contribution in [0.15, 0.2) is 5.38 Å². The highest BCUT2D eigenvalue weighted by Gasteiger charge is 2.24. The number of hydrogen-bond donors (Lipinski definition) is 1. The van der Waals surface area contributed by atoms with E-state index in [1.54, 1.807) is 11.3 Å². The molecule has 0 spiro atoms. The van der Waals surface area contributed by atoms with Gasteiger partial charge in [-0.1, -0.05) is 33.1 Å². The first-order chi connectivity index (χ1) is 9.83. The first-order valence-electron chi connectivity index (χ1n) is 8.09. The molecule has 2 atom stereocenters. The lowest BCUT2D eigenvalue weighted by Crippen LogP contribution is -2.27. The first-order valence-corrected chi connectivity index (χ1v) is 8.97. The Kier molecular flexibility index (Phi) is 6.97. The highest BCUT2D eigenvalue weighted by Crippen LogP contribution is 2.29. The van der Waals surface area contributed by atoms with Gasteiger partial charge in [0.05, 0.1) is 18.4 Å². The summed E-state index contributed by atoms with van der Waals surface area (Å²) in [4.78, 5) is 4.65. The number of hydrogen-bond acceptors (Lipinski definition) is 4. The van der Waals surface area contributed by atoms with Gasteiger partial charge in [-0.15, -0.1) is 11.3 Å². The van der Waals surface area contributed by atoms with Crippen molar-refractivity contribution in [1.82, 2.24) is 10.3 Å². The molecule has 4 heteroatoms. The number of ether oxygens (including phenoxy) is 1. The lowest BCUT2D eigenvalue weighted by atomic mass is 9.85. The SMILES string of the molecule is CCCNCc1nc(COC2CCCCC2CC)cs1. The Balaban J connectivity index is 1.75. The Bertz CT molecular complexity index is 380. The number of aromatic nitrogens is 1. The molecule has 2 rings (SSSR count). The zero-order valence-corrected chi connectivity index (χ0v) is 13.7. The summed E-state index contributed by atoms with van der Waals surface area (Å²) in [5.74, 6) is 0.757. The minimum atomic E-state index is 0.456. The van der Waals surface area contributed by atoms with Gasteiger partial charge in [0.15, 0.2) is 0 Å². The molecular formula is C16H28N2OS. The predicted molar refractivity (Wildman–Crippen MR) is 84.9 cm³/mol. The minimum Gasteiger partial charge on any atom is -0.372 e. The Hall–Kier alpha value is -0.450. The number of rotatable bonds is 8. The quantitative estimate of drug-likeness (QED) is 0.732. The summed E-state index contributed by atoms with van der Waals surface area (Å²) in [5, 5.41) is 6.71. The average molecular weight is 296 g/mol. The maximum absolute atomic E-state index is 6.14. The van der Waals surface area contributed by atoms with Gasteiger partial charge in [-0.2, -0.15) is 0 Å². The van der Waals surface area contributed by atoms with Crippen LogP contribution in [0.25, 0.3) is 0 Å². The fraction of sp³-hybridized carbons (Fsp3) is 0.812. The maximum atomic E-state index is 6.14. The molecule has 0 saturated heterocycles. The second kappa shape index (κ2) is 8.75. The van der Waals surface area contributed by atoms with Crippen molar-refractivity contribution in [3.05, 3.63) is 16.1 Å². The van der Waals surface area contributed by atoms with Crippen molar-refractivity contribution >= 4 is 11.3 Å². The van der Waals surface area contributed by atoms with Crippen molar-refractivity contribution < 1.29 is 4.74 Å². The number of nitrogens with zero attached hydrogens (tertiary/aromatic N) is 1. The largest absolute Gasteiger partial charge is 0.372 e. The normalized spacial score (nSPS) is 23.1. The van der Waals surface area contributed by atoms with Gasteiger partial charge in [0.2, 0.25) is 0 Å². The average Bonchev–Trinajstić information content (AvgIpc) is 2.93. The lowest BCUT2D eigenvalue weighted by molar-refractivity contribution is -0.0233. The van der Waals surface area contributed by atoms with Crippen molar-refractivity contribution in [2.45, 2.75) is 71.6 Å². The van der Waals surface area contributed by atoms with Crippen LogP contribution >= 0.6 is 11.3 Å². The zero-order chi connectivity index (χ0) is 14.2. The molecule has 114 valence electrons. The van der Waals surface area contributed by atoms with Crippen LogP contribution in [0, 0.1) is 5.92 Å². The van der Waals surface area contributed by atoms with Gasteiger partial charge >= 0.3 is 0 Å². The molecule has 1 aromatic heterocycles. The van der Waals surface area contributed by atoms with Crippen LogP contribution in [0.4, 0.5) is 0 Å². The van der Waals surface area contributed by atoms with Crippen LogP contribution in [-0.4, -0.2) is 17.6 Å². The molecule has 20 heavy (non-hydrogen) atoms. The van der Waals surface area contributed by atoms with Gasteiger partial charge in [0, 0.05) is 11.9 Å². The maximum Gasteiger partial charge on any atom is 0.107 e. The Labute approximate surface area is 127 Å². The molecule has 0 amide bonds. The summed E-state index contributed by atoms with van der Waals surface area (Å²) in [6.07, 6.45) is 8.14. The highest BCUT2D eigenvalue weighted by atomic mass is 32.1. The fourth-order valence-corrected chi connectivity index (χ4v) is 3.67.